The first-order chi connectivity index (χ1) is 7.24. The number of Topliss-reactive ketones (excluding diaryl/α,β-unsaturated/α-hetero) is 1. The smallest absolute Gasteiger partial charge is 0.167 e. The van der Waals surface area contributed by atoms with E-state index in [4.69, 9.17) is 0 Å². The minimum atomic E-state index is 0.354. The lowest BCUT2D eigenvalue weighted by atomic mass is 9.96. The third kappa shape index (κ3) is 1.12. The van der Waals surface area contributed by atoms with Crippen molar-refractivity contribution in [3.8, 4) is 0 Å². The van der Waals surface area contributed by atoms with Gasteiger partial charge in [-0.25, -0.2) is 0 Å². The van der Waals surface area contributed by atoms with Gasteiger partial charge in [0.05, 0.1) is 0 Å². The molecule has 2 heteroatoms. The molecular formula is C13H16OS. The summed E-state index contributed by atoms with van der Waals surface area (Å²) in [6.07, 6.45) is 4.64. The van der Waals surface area contributed by atoms with Gasteiger partial charge in [0.15, 0.2) is 5.78 Å². The van der Waals surface area contributed by atoms with Crippen molar-refractivity contribution in [2.45, 2.75) is 45.4 Å². The average Bonchev–Trinajstić information content (AvgIpc) is 2.84. The van der Waals surface area contributed by atoms with Crippen LogP contribution in [0.3, 0.4) is 0 Å². The molecule has 1 saturated carbocycles. The summed E-state index contributed by atoms with van der Waals surface area (Å²) in [5, 5.41) is 0. The first-order valence-electron chi connectivity index (χ1n) is 5.90. The summed E-state index contributed by atoms with van der Waals surface area (Å²) in [6, 6.07) is 0. The van der Waals surface area contributed by atoms with Gasteiger partial charge in [-0.2, -0.15) is 0 Å². The molecule has 1 aromatic rings. The van der Waals surface area contributed by atoms with E-state index in [0.29, 0.717) is 17.6 Å². The van der Waals surface area contributed by atoms with Crippen molar-refractivity contribution in [1.82, 2.24) is 0 Å². The quantitative estimate of drug-likeness (QED) is 0.705. The van der Waals surface area contributed by atoms with Gasteiger partial charge in [-0.05, 0) is 37.7 Å². The predicted octanol–water partition coefficient (Wildman–Crippen LogP) is 3.70. The lowest BCUT2D eigenvalue weighted by Gasteiger charge is -2.08. The highest BCUT2D eigenvalue weighted by Gasteiger charge is 2.45. The number of hydrogen-bond donors (Lipinski definition) is 0. The Hall–Kier alpha value is -0.630. The Labute approximate surface area is 94.5 Å². The number of ketones is 1. The van der Waals surface area contributed by atoms with Gasteiger partial charge in [0.2, 0.25) is 0 Å². The minimum Gasteiger partial charge on any atom is -0.294 e. The molecule has 2 atom stereocenters. The standard InChI is InChI=1S/C13H16OS/c1-3-10-12-11(7(2)15-10)8-5-4-6-9(8)13(12)14/h8-9H,3-6H2,1-2H3. The molecule has 1 nitrogen and oxygen atoms in total. The van der Waals surface area contributed by atoms with Crippen molar-refractivity contribution in [1.29, 1.82) is 0 Å². The van der Waals surface area contributed by atoms with Gasteiger partial charge in [-0.3, -0.25) is 4.79 Å². The van der Waals surface area contributed by atoms with Gasteiger partial charge in [0, 0.05) is 21.2 Å². The number of thiophene rings is 1. The summed E-state index contributed by atoms with van der Waals surface area (Å²) >= 11 is 1.85. The molecule has 2 aliphatic carbocycles. The molecule has 80 valence electrons. The number of carbonyl (C=O) groups is 1. The highest BCUT2D eigenvalue weighted by Crippen LogP contribution is 2.52. The van der Waals surface area contributed by atoms with E-state index in [0.717, 1.165) is 18.4 Å². The normalized spacial score (nSPS) is 28.3. The molecule has 2 unspecified atom stereocenters. The lowest BCUT2D eigenvalue weighted by molar-refractivity contribution is 0.0932. The number of rotatable bonds is 1. The topological polar surface area (TPSA) is 17.1 Å². The average molecular weight is 220 g/mol. The van der Waals surface area contributed by atoms with Crippen molar-refractivity contribution in [2.24, 2.45) is 5.92 Å². The summed E-state index contributed by atoms with van der Waals surface area (Å²) in [5.41, 5.74) is 2.57. The molecule has 0 radical (unpaired) electrons. The maximum Gasteiger partial charge on any atom is 0.167 e. The number of aryl methyl sites for hydroxylation is 2. The molecule has 1 fully saturated rings. The van der Waals surface area contributed by atoms with Crippen LogP contribution in [0, 0.1) is 12.8 Å². The lowest BCUT2D eigenvalue weighted by Crippen LogP contribution is -2.08. The molecular weight excluding hydrogens is 204 g/mol. The monoisotopic (exact) mass is 220 g/mol. The predicted molar refractivity (Wildman–Crippen MR) is 62.8 cm³/mol. The maximum atomic E-state index is 12.3. The molecule has 0 aromatic carbocycles. The van der Waals surface area contributed by atoms with Crippen molar-refractivity contribution in [3.63, 3.8) is 0 Å². The van der Waals surface area contributed by atoms with Crippen LogP contribution in [0.1, 0.15) is 57.8 Å². The van der Waals surface area contributed by atoms with E-state index in [1.165, 1.54) is 28.2 Å². The summed E-state index contributed by atoms with van der Waals surface area (Å²) in [5.74, 6) is 1.41. The fourth-order valence-electron chi connectivity index (χ4n) is 3.39. The fourth-order valence-corrected chi connectivity index (χ4v) is 4.58. The van der Waals surface area contributed by atoms with E-state index in [1.54, 1.807) is 0 Å². The van der Waals surface area contributed by atoms with E-state index in [-0.39, 0.29) is 0 Å². The van der Waals surface area contributed by atoms with Crippen LogP contribution in [0.15, 0.2) is 0 Å². The highest BCUT2D eigenvalue weighted by molar-refractivity contribution is 7.12. The van der Waals surface area contributed by atoms with Crippen molar-refractivity contribution in [3.05, 3.63) is 20.9 Å². The number of fused-ring (bicyclic) bond motifs is 3. The summed E-state index contributed by atoms with van der Waals surface area (Å²) in [4.78, 5) is 15.0. The van der Waals surface area contributed by atoms with Gasteiger partial charge in [-0.1, -0.05) is 13.3 Å². The molecule has 0 N–H and O–H groups in total. The molecule has 0 amide bonds. The fraction of sp³-hybridized carbons (Fsp3) is 0.615. The molecule has 2 aliphatic rings. The second-order valence-corrected chi connectivity index (χ2v) is 6.04. The largest absolute Gasteiger partial charge is 0.294 e. The second-order valence-electron chi connectivity index (χ2n) is 4.73. The van der Waals surface area contributed by atoms with E-state index in [9.17, 15) is 4.79 Å². The number of hydrogen-bond acceptors (Lipinski definition) is 2. The molecule has 0 spiro atoms. The van der Waals surface area contributed by atoms with E-state index < -0.39 is 0 Å². The molecule has 3 rings (SSSR count). The summed E-state index contributed by atoms with van der Waals surface area (Å²) < 4.78 is 0. The van der Waals surface area contributed by atoms with Crippen LogP contribution in [0.2, 0.25) is 0 Å². The van der Waals surface area contributed by atoms with Crippen LogP contribution in [-0.2, 0) is 6.42 Å². The third-order valence-electron chi connectivity index (χ3n) is 3.99. The van der Waals surface area contributed by atoms with Crippen LogP contribution in [0.5, 0.6) is 0 Å². The first-order valence-corrected chi connectivity index (χ1v) is 6.72. The molecule has 0 saturated heterocycles. The van der Waals surface area contributed by atoms with Crippen LogP contribution in [-0.4, -0.2) is 5.78 Å². The van der Waals surface area contributed by atoms with Crippen LogP contribution >= 0.6 is 11.3 Å². The van der Waals surface area contributed by atoms with Gasteiger partial charge in [0.1, 0.15) is 0 Å². The summed E-state index contributed by atoms with van der Waals surface area (Å²) in [6.45, 7) is 4.35. The van der Waals surface area contributed by atoms with E-state index in [1.807, 2.05) is 11.3 Å². The Morgan fingerprint density at radius 1 is 1.33 bits per heavy atom. The zero-order valence-corrected chi connectivity index (χ0v) is 10.1. The van der Waals surface area contributed by atoms with E-state index in [2.05, 4.69) is 13.8 Å². The van der Waals surface area contributed by atoms with Gasteiger partial charge in [0.25, 0.3) is 0 Å². The second kappa shape index (κ2) is 3.18. The van der Waals surface area contributed by atoms with Gasteiger partial charge < -0.3 is 0 Å². The first kappa shape index (κ1) is 9.59. The highest BCUT2D eigenvalue weighted by atomic mass is 32.1. The Kier molecular flexibility index (Phi) is 2.03. The van der Waals surface area contributed by atoms with Crippen LogP contribution in [0.25, 0.3) is 0 Å². The van der Waals surface area contributed by atoms with Crippen molar-refractivity contribution in [2.75, 3.05) is 0 Å². The van der Waals surface area contributed by atoms with Crippen molar-refractivity contribution >= 4 is 17.1 Å². The Morgan fingerprint density at radius 2 is 2.07 bits per heavy atom. The van der Waals surface area contributed by atoms with Crippen molar-refractivity contribution < 1.29 is 4.79 Å². The maximum absolute atomic E-state index is 12.3. The molecule has 0 bridgehead atoms. The molecule has 0 aliphatic heterocycles. The molecule has 1 aromatic heterocycles. The van der Waals surface area contributed by atoms with Gasteiger partial charge in [-0.15, -0.1) is 11.3 Å². The third-order valence-corrected chi connectivity index (χ3v) is 5.26. The molecule has 1 heterocycles. The van der Waals surface area contributed by atoms with Crippen LogP contribution in [0.4, 0.5) is 0 Å². The Balaban J connectivity index is 2.20. The van der Waals surface area contributed by atoms with Crippen LogP contribution < -0.4 is 0 Å². The SMILES string of the molecule is CCc1sc(C)c2c1C(=O)C1CCCC21. The molecule has 15 heavy (non-hydrogen) atoms. The minimum absolute atomic E-state index is 0.354. The van der Waals surface area contributed by atoms with Gasteiger partial charge >= 0.3 is 0 Å². The van der Waals surface area contributed by atoms with E-state index >= 15 is 0 Å². The zero-order valence-electron chi connectivity index (χ0n) is 9.30. The zero-order chi connectivity index (χ0) is 10.6. The number of carbonyl (C=O) groups excluding carboxylic acids is 1. The Morgan fingerprint density at radius 3 is 2.80 bits per heavy atom. The Bertz CT molecular complexity index is 430. The summed E-state index contributed by atoms with van der Waals surface area (Å²) in [7, 11) is 0.